The van der Waals surface area contributed by atoms with Gasteiger partial charge in [0.15, 0.2) is 0 Å². The van der Waals surface area contributed by atoms with Gasteiger partial charge in [-0.05, 0) is 19.3 Å². The van der Waals surface area contributed by atoms with E-state index in [1.165, 1.54) is 38.5 Å². The van der Waals surface area contributed by atoms with Crippen LogP contribution in [0.5, 0.6) is 0 Å². The van der Waals surface area contributed by atoms with Crippen LogP contribution in [-0.2, 0) is 14.3 Å². The number of ether oxygens (including phenoxy) is 1. The molecule has 0 aliphatic rings. The Morgan fingerprint density at radius 2 is 1.65 bits per heavy atom. The van der Waals surface area contributed by atoms with Gasteiger partial charge in [0.05, 0.1) is 6.42 Å². The molecule has 0 aliphatic carbocycles. The van der Waals surface area contributed by atoms with Gasteiger partial charge in [0.1, 0.15) is 6.61 Å². The Balaban J connectivity index is 0. The Kier molecular flexibility index (Phi) is 21.3. The van der Waals surface area contributed by atoms with Crippen LogP contribution in [0.4, 0.5) is 0 Å². The predicted octanol–water partition coefficient (Wildman–Crippen LogP) is -1.04. The Morgan fingerprint density at radius 3 is 2.35 bits per heavy atom. The van der Waals surface area contributed by atoms with E-state index in [2.05, 4.69) is 18.3 Å². The number of hydrogen-bond acceptors (Lipinski definition) is 5. The zero-order valence-electron chi connectivity index (χ0n) is 14.8. The first kappa shape index (κ1) is 24.9. The molecule has 1 N–H and O–H groups in total. The third-order valence-corrected chi connectivity index (χ3v) is 3.24. The Morgan fingerprint density at radius 1 is 1.00 bits per heavy atom. The zero-order chi connectivity index (χ0) is 16.5. The van der Waals surface area contributed by atoms with Gasteiger partial charge in [-0.2, -0.15) is 0 Å². The van der Waals surface area contributed by atoms with Crippen molar-refractivity contribution in [2.75, 3.05) is 19.7 Å². The molecular weight excluding hydrogens is 305 g/mol. The molecule has 0 rings (SSSR count). The van der Waals surface area contributed by atoms with Crippen LogP contribution in [0, 0.1) is 0 Å². The number of unbranched alkanes of at least 4 members (excludes halogenated alkanes) is 6. The van der Waals surface area contributed by atoms with Crippen LogP contribution in [0.15, 0.2) is 12.2 Å². The smallest absolute Gasteiger partial charge is 0.550 e. The third-order valence-electron chi connectivity index (χ3n) is 3.24. The van der Waals surface area contributed by atoms with E-state index in [0.29, 0.717) is 19.7 Å². The van der Waals surface area contributed by atoms with Crippen molar-refractivity contribution in [3.05, 3.63) is 12.2 Å². The second kappa shape index (κ2) is 19.7. The van der Waals surface area contributed by atoms with Crippen molar-refractivity contribution in [3.63, 3.8) is 0 Å². The maximum Gasteiger partial charge on any atom is 1.00 e. The topological polar surface area (TPSA) is 78.5 Å². The molecule has 0 saturated carbocycles. The summed E-state index contributed by atoms with van der Waals surface area (Å²) in [5, 5.41) is 13.0. The van der Waals surface area contributed by atoms with Crippen LogP contribution in [0.1, 0.15) is 64.7 Å². The van der Waals surface area contributed by atoms with Crippen LogP contribution in [0.25, 0.3) is 0 Å². The van der Waals surface area contributed by atoms with E-state index in [9.17, 15) is 14.7 Å². The normalized spacial score (nSPS) is 10.5. The molecule has 0 amide bonds. The van der Waals surface area contributed by atoms with E-state index < -0.39 is 5.97 Å². The Bertz CT molecular complexity index is 322. The van der Waals surface area contributed by atoms with Crippen molar-refractivity contribution in [3.8, 4) is 0 Å². The number of nitrogens with one attached hydrogen (secondary N) is 1. The molecule has 0 spiro atoms. The summed E-state index contributed by atoms with van der Waals surface area (Å²) in [7, 11) is 0. The average Bonchev–Trinajstić information content (AvgIpc) is 2.48. The van der Waals surface area contributed by atoms with Crippen molar-refractivity contribution < 1.29 is 49.0 Å². The van der Waals surface area contributed by atoms with E-state index in [4.69, 9.17) is 4.74 Å². The molecule has 0 aromatic rings. The van der Waals surface area contributed by atoms with Gasteiger partial charge in [0, 0.05) is 19.1 Å². The number of aliphatic carboxylic acids is 1. The fourth-order valence-electron chi connectivity index (χ4n) is 1.95. The quantitative estimate of drug-likeness (QED) is 0.179. The Labute approximate surface area is 162 Å². The van der Waals surface area contributed by atoms with Crippen molar-refractivity contribution in [2.24, 2.45) is 0 Å². The van der Waals surface area contributed by atoms with E-state index in [0.717, 1.165) is 6.42 Å². The van der Waals surface area contributed by atoms with Crippen molar-refractivity contribution in [2.45, 2.75) is 64.7 Å². The molecule has 0 atom stereocenters. The van der Waals surface area contributed by atoms with Crippen molar-refractivity contribution >= 4 is 11.9 Å². The molecule has 6 heteroatoms. The fourth-order valence-corrected chi connectivity index (χ4v) is 1.95. The Hall–Kier alpha value is -0.360. The number of hydrogen-bond donors (Lipinski definition) is 1. The molecule has 0 saturated heterocycles. The standard InChI is InChI=1S/C17H31NO4.Na/c1-2-3-4-5-6-7-8-9-10-15-22-17(21)12-14-18-13-11-16(19)20;/h9-10,18H,2-8,11-15H2,1H3,(H,19,20);/q;+1/p-1. The number of rotatable bonds is 15. The van der Waals surface area contributed by atoms with Gasteiger partial charge in [0.25, 0.3) is 0 Å². The molecule has 5 nitrogen and oxygen atoms in total. The van der Waals surface area contributed by atoms with Gasteiger partial charge < -0.3 is 20.0 Å². The summed E-state index contributed by atoms with van der Waals surface area (Å²) >= 11 is 0. The van der Waals surface area contributed by atoms with E-state index in [-0.39, 0.29) is 48.4 Å². The number of carbonyl (C=O) groups excluding carboxylic acids is 2. The monoisotopic (exact) mass is 335 g/mol. The molecule has 23 heavy (non-hydrogen) atoms. The molecule has 0 radical (unpaired) electrons. The largest absolute Gasteiger partial charge is 1.00 e. The fraction of sp³-hybridized carbons (Fsp3) is 0.765. The number of carbonyl (C=O) groups is 2. The summed E-state index contributed by atoms with van der Waals surface area (Å²) < 4.78 is 5.03. The molecule has 0 bridgehead atoms. The molecule has 0 heterocycles. The summed E-state index contributed by atoms with van der Waals surface area (Å²) in [5.74, 6) is -1.37. The zero-order valence-corrected chi connectivity index (χ0v) is 16.8. The summed E-state index contributed by atoms with van der Waals surface area (Å²) in [6.07, 6.45) is 12.9. The minimum Gasteiger partial charge on any atom is -0.550 e. The minimum atomic E-state index is -1.09. The first-order chi connectivity index (χ1) is 10.7. The second-order valence-electron chi connectivity index (χ2n) is 5.33. The first-order valence-corrected chi connectivity index (χ1v) is 8.38. The van der Waals surface area contributed by atoms with Crippen LogP contribution >= 0.6 is 0 Å². The van der Waals surface area contributed by atoms with Crippen molar-refractivity contribution in [1.29, 1.82) is 0 Å². The predicted molar refractivity (Wildman–Crippen MR) is 85.2 cm³/mol. The molecule has 0 aromatic heterocycles. The van der Waals surface area contributed by atoms with Gasteiger partial charge in [0.2, 0.25) is 0 Å². The molecule has 0 fully saturated rings. The molecular formula is C17H30NNaO4. The van der Waals surface area contributed by atoms with Gasteiger partial charge in [-0.1, -0.05) is 51.2 Å². The van der Waals surface area contributed by atoms with Gasteiger partial charge in [-0.25, -0.2) is 0 Å². The number of carboxylic acid groups (broad SMARTS) is 1. The first-order valence-electron chi connectivity index (χ1n) is 8.38. The SMILES string of the molecule is CCCCCCCCC=CCOC(=O)CCNCCC(=O)[O-].[Na+]. The van der Waals surface area contributed by atoms with Crippen LogP contribution in [0.2, 0.25) is 0 Å². The van der Waals surface area contributed by atoms with Gasteiger partial charge in [-0.3, -0.25) is 4.79 Å². The van der Waals surface area contributed by atoms with Crippen LogP contribution in [0.3, 0.4) is 0 Å². The summed E-state index contributed by atoms with van der Waals surface area (Å²) in [6, 6.07) is 0. The van der Waals surface area contributed by atoms with Gasteiger partial charge in [-0.15, -0.1) is 0 Å². The molecule has 0 aliphatic heterocycles. The average molecular weight is 335 g/mol. The summed E-state index contributed by atoms with van der Waals surface area (Å²) in [6.45, 7) is 3.27. The number of carboxylic acids is 1. The van der Waals surface area contributed by atoms with E-state index in [1.54, 1.807) is 0 Å². The second-order valence-corrected chi connectivity index (χ2v) is 5.33. The van der Waals surface area contributed by atoms with Crippen LogP contribution < -0.4 is 40.0 Å². The summed E-state index contributed by atoms with van der Waals surface area (Å²) in [4.78, 5) is 21.5. The van der Waals surface area contributed by atoms with Gasteiger partial charge >= 0.3 is 35.5 Å². The van der Waals surface area contributed by atoms with E-state index >= 15 is 0 Å². The van der Waals surface area contributed by atoms with Crippen LogP contribution in [-0.4, -0.2) is 31.6 Å². The summed E-state index contributed by atoms with van der Waals surface area (Å²) in [5.41, 5.74) is 0. The molecule has 128 valence electrons. The maximum atomic E-state index is 11.4. The van der Waals surface area contributed by atoms with Crippen molar-refractivity contribution in [1.82, 2.24) is 5.32 Å². The third kappa shape index (κ3) is 21.6. The number of esters is 1. The maximum absolute atomic E-state index is 11.4. The van der Waals surface area contributed by atoms with E-state index in [1.807, 2.05) is 6.08 Å². The molecule has 0 aromatic carbocycles. The minimum absolute atomic E-state index is 0. The molecule has 0 unspecified atom stereocenters. The number of allylic oxidation sites excluding steroid dienone is 1.